The number of nitrogens with zero attached hydrogens (tertiary/aromatic N) is 1. The van der Waals surface area contributed by atoms with Gasteiger partial charge in [0.1, 0.15) is 5.82 Å². The molecule has 0 atom stereocenters. The van der Waals surface area contributed by atoms with Gasteiger partial charge in [-0.15, -0.1) is 0 Å². The van der Waals surface area contributed by atoms with E-state index in [2.05, 4.69) is 4.37 Å². The van der Waals surface area contributed by atoms with Crippen LogP contribution in [0.25, 0.3) is 11.1 Å². The number of amides is 1. The van der Waals surface area contributed by atoms with E-state index < -0.39 is 11.7 Å². The van der Waals surface area contributed by atoms with Crippen molar-refractivity contribution in [2.45, 2.75) is 13.3 Å². The zero-order valence-electron chi connectivity index (χ0n) is 9.24. The van der Waals surface area contributed by atoms with Crippen molar-refractivity contribution in [1.29, 1.82) is 0 Å². The molecular weight excluding hydrogens is 239 g/mol. The average Bonchev–Trinajstić information content (AvgIpc) is 2.76. The van der Waals surface area contributed by atoms with E-state index in [4.69, 9.17) is 5.73 Å². The Kier molecular flexibility index (Phi) is 3.19. The topological polar surface area (TPSA) is 56.0 Å². The Morgan fingerprint density at radius 1 is 1.47 bits per heavy atom. The van der Waals surface area contributed by atoms with Crippen molar-refractivity contribution in [3.8, 4) is 11.1 Å². The molecule has 2 aromatic rings. The largest absolute Gasteiger partial charge is 0.366 e. The molecule has 0 spiro atoms. The van der Waals surface area contributed by atoms with Gasteiger partial charge in [-0.25, -0.2) is 8.76 Å². The van der Waals surface area contributed by atoms with Gasteiger partial charge in [-0.05, 0) is 41.7 Å². The first-order valence-corrected chi connectivity index (χ1v) is 5.93. The minimum absolute atomic E-state index is 0.174. The fraction of sp³-hybridized carbons (Fsp3) is 0.167. The number of hydrogen-bond donors (Lipinski definition) is 1. The van der Waals surface area contributed by atoms with Crippen LogP contribution in [-0.4, -0.2) is 10.3 Å². The van der Waals surface area contributed by atoms with Crippen molar-refractivity contribution in [2.75, 3.05) is 0 Å². The van der Waals surface area contributed by atoms with Crippen molar-refractivity contribution in [2.24, 2.45) is 5.73 Å². The van der Waals surface area contributed by atoms with Crippen LogP contribution in [0.15, 0.2) is 24.4 Å². The number of rotatable bonds is 3. The smallest absolute Gasteiger partial charge is 0.248 e. The molecule has 2 rings (SSSR count). The van der Waals surface area contributed by atoms with Crippen LogP contribution in [0, 0.1) is 5.82 Å². The summed E-state index contributed by atoms with van der Waals surface area (Å²) in [7, 11) is 0. The number of carbonyl (C=O) groups excluding carboxylic acids is 1. The van der Waals surface area contributed by atoms with Crippen LogP contribution in [0.3, 0.4) is 0 Å². The van der Waals surface area contributed by atoms with E-state index in [0.717, 1.165) is 22.9 Å². The van der Waals surface area contributed by atoms with Crippen LogP contribution in [0.1, 0.15) is 22.2 Å². The standard InChI is InChI=1S/C12H11FN2OS/c1-2-11-10(6-15-17-11)7-3-8(12(14)16)5-9(13)4-7/h3-6H,2H2,1H3,(H2,14,16). The molecule has 17 heavy (non-hydrogen) atoms. The molecule has 88 valence electrons. The van der Waals surface area contributed by atoms with Gasteiger partial charge in [-0.3, -0.25) is 4.79 Å². The molecule has 1 aromatic heterocycles. The van der Waals surface area contributed by atoms with E-state index >= 15 is 0 Å². The Hall–Kier alpha value is -1.75. The van der Waals surface area contributed by atoms with Crippen molar-refractivity contribution in [3.05, 3.63) is 40.7 Å². The van der Waals surface area contributed by atoms with E-state index in [9.17, 15) is 9.18 Å². The molecule has 1 aromatic carbocycles. The summed E-state index contributed by atoms with van der Waals surface area (Å²) in [5.74, 6) is -1.10. The summed E-state index contributed by atoms with van der Waals surface area (Å²) in [5.41, 5.74) is 6.83. The molecule has 0 aliphatic rings. The van der Waals surface area contributed by atoms with Crippen molar-refractivity contribution in [3.63, 3.8) is 0 Å². The summed E-state index contributed by atoms with van der Waals surface area (Å²) in [6.07, 6.45) is 2.51. The minimum atomic E-state index is -0.632. The highest BCUT2D eigenvalue weighted by molar-refractivity contribution is 7.06. The van der Waals surface area contributed by atoms with Crippen LogP contribution in [0.4, 0.5) is 4.39 Å². The molecule has 0 unspecified atom stereocenters. The summed E-state index contributed by atoms with van der Waals surface area (Å²) in [5, 5.41) is 0. The second kappa shape index (κ2) is 4.63. The number of nitrogens with two attached hydrogens (primary N) is 1. The molecule has 0 aliphatic carbocycles. The van der Waals surface area contributed by atoms with Crippen molar-refractivity contribution >= 4 is 17.4 Å². The van der Waals surface area contributed by atoms with Crippen LogP contribution in [0.5, 0.6) is 0 Å². The molecule has 1 heterocycles. The number of aryl methyl sites for hydroxylation is 1. The van der Waals surface area contributed by atoms with E-state index in [1.807, 2.05) is 6.92 Å². The Morgan fingerprint density at radius 3 is 2.88 bits per heavy atom. The Labute approximate surface area is 102 Å². The SMILES string of the molecule is CCc1sncc1-c1cc(F)cc(C(N)=O)c1. The maximum Gasteiger partial charge on any atom is 0.248 e. The quantitative estimate of drug-likeness (QED) is 0.910. The fourth-order valence-corrected chi connectivity index (χ4v) is 2.33. The van der Waals surface area contributed by atoms with E-state index in [0.29, 0.717) is 5.56 Å². The van der Waals surface area contributed by atoms with E-state index in [1.54, 1.807) is 12.3 Å². The number of halogens is 1. The minimum Gasteiger partial charge on any atom is -0.366 e. The molecule has 0 saturated heterocycles. The lowest BCUT2D eigenvalue weighted by Gasteiger charge is -2.03. The van der Waals surface area contributed by atoms with Gasteiger partial charge in [0.15, 0.2) is 0 Å². The molecule has 0 aliphatic heterocycles. The zero-order valence-corrected chi connectivity index (χ0v) is 10.1. The van der Waals surface area contributed by atoms with E-state index in [1.165, 1.54) is 17.6 Å². The second-order valence-corrected chi connectivity index (χ2v) is 4.50. The lowest BCUT2D eigenvalue weighted by molar-refractivity contribution is 0.1000. The first kappa shape index (κ1) is 11.7. The van der Waals surface area contributed by atoms with Gasteiger partial charge in [-0.1, -0.05) is 6.92 Å². The second-order valence-electron chi connectivity index (χ2n) is 3.61. The van der Waals surface area contributed by atoms with Gasteiger partial charge in [0, 0.05) is 22.2 Å². The number of benzene rings is 1. The molecule has 1 amide bonds. The third-order valence-electron chi connectivity index (χ3n) is 2.46. The van der Waals surface area contributed by atoms with Crippen molar-refractivity contribution in [1.82, 2.24) is 4.37 Å². The Bertz CT molecular complexity index is 565. The first-order chi connectivity index (χ1) is 8.11. The summed E-state index contributed by atoms with van der Waals surface area (Å²) in [4.78, 5) is 12.1. The molecule has 0 saturated carbocycles. The molecule has 2 N–H and O–H groups in total. The predicted octanol–water partition coefficient (Wildman–Crippen LogP) is 2.61. The number of carbonyl (C=O) groups is 1. The molecule has 0 fully saturated rings. The van der Waals surface area contributed by atoms with Crippen molar-refractivity contribution < 1.29 is 9.18 Å². The van der Waals surface area contributed by atoms with E-state index in [-0.39, 0.29) is 5.56 Å². The Balaban J connectivity index is 2.56. The zero-order chi connectivity index (χ0) is 12.4. The normalized spacial score (nSPS) is 10.5. The monoisotopic (exact) mass is 250 g/mol. The highest BCUT2D eigenvalue weighted by atomic mass is 32.1. The third-order valence-corrected chi connectivity index (χ3v) is 3.40. The number of primary amides is 1. The highest BCUT2D eigenvalue weighted by Crippen LogP contribution is 2.28. The van der Waals surface area contributed by atoms with Gasteiger partial charge < -0.3 is 5.73 Å². The van der Waals surface area contributed by atoms with Gasteiger partial charge in [0.05, 0.1) is 0 Å². The molecule has 0 bridgehead atoms. The van der Waals surface area contributed by atoms with Gasteiger partial charge in [0.25, 0.3) is 0 Å². The molecule has 0 radical (unpaired) electrons. The van der Waals surface area contributed by atoms with Crippen LogP contribution in [-0.2, 0) is 6.42 Å². The van der Waals surface area contributed by atoms with Gasteiger partial charge >= 0.3 is 0 Å². The highest BCUT2D eigenvalue weighted by Gasteiger charge is 2.11. The Morgan fingerprint density at radius 2 is 2.24 bits per heavy atom. The van der Waals surface area contributed by atoms with Crippen LogP contribution in [0.2, 0.25) is 0 Å². The molecule has 5 heteroatoms. The molecular formula is C12H11FN2OS. The van der Waals surface area contributed by atoms with Gasteiger partial charge in [0.2, 0.25) is 5.91 Å². The summed E-state index contributed by atoms with van der Waals surface area (Å²) in [6, 6.07) is 4.11. The lowest BCUT2D eigenvalue weighted by Crippen LogP contribution is -2.11. The average molecular weight is 250 g/mol. The summed E-state index contributed by atoms with van der Waals surface area (Å²) in [6.45, 7) is 2.01. The predicted molar refractivity (Wildman–Crippen MR) is 65.4 cm³/mol. The maximum absolute atomic E-state index is 13.4. The number of aromatic nitrogens is 1. The molecule has 3 nitrogen and oxygen atoms in total. The lowest BCUT2D eigenvalue weighted by atomic mass is 10.0. The summed E-state index contributed by atoms with van der Waals surface area (Å²) >= 11 is 1.38. The fourth-order valence-electron chi connectivity index (χ4n) is 1.64. The third kappa shape index (κ3) is 2.34. The van der Waals surface area contributed by atoms with Crippen LogP contribution >= 0.6 is 11.5 Å². The first-order valence-electron chi connectivity index (χ1n) is 5.16. The van der Waals surface area contributed by atoms with Gasteiger partial charge in [-0.2, -0.15) is 0 Å². The van der Waals surface area contributed by atoms with Crippen LogP contribution < -0.4 is 5.73 Å². The number of hydrogen-bond acceptors (Lipinski definition) is 3. The maximum atomic E-state index is 13.4. The summed E-state index contributed by atoms with van der Waals surface area (Å²) < 4.78 is 17.5.